The van der Waals surface area contributed by atoms with E-state index in [1.807, 2.05) is 48.5 Å². The van der Waals surface area contributed by atoms with Crippen molar-refractivity contribution in [2.75, 3.05) is 0 Å². The quantitative estimate of drug-likeness (QED) is 0.225. The Morgan fingerprint density at radius 3 is 2.10 bits per heavy atom. The first kappa shape index (κ1) is 23.1. The Bertz CT molecular complexity index is 2340. The summed E-state index contributed by atoms with van der Waals surface area (Å²) in [5.74, 6) is 1.94. The maximum Gasteiger partial charge on any atom is 0.164 e. The van der Waals surface area contributed by atoms with E-state index in [4.69, 9.17) is 19.4 Å². The van der Waals surface area contributed by atoms with E-state index in [2.05, 4.69) is 78.9 Å². The highest BCUT2D eigenvalue weighted by molar-refractivity contribution is 6.18. The summed E-state index contributed by atoms with van der Waals surface area (Å²) in [4.78, 5) is 15.4. The molecule has 0 fully saturated rings. The van der Waals surface area contributed by atoms with Gasteiger partial charge in [0.25, 0.3) is 0 Å². The third kappa shape index (κ3) is 3.45. The number of hydrogen-bond donors (Lipinski definition) is 0. The molecule has 2 heterocycles. The molecule has 0 saturated carbocycles. The summed E-state index contributed by atoms with van der Waals surface area (Å²) in [6, 6.07) is 44.0. The van der Waals surface area contributed by atoms with Crippen molar-refractivity contribution in [1.29, 1.82) is 0 Å². The number of hydrogen-bond acceptors (Lipinski definition) is 4. The Labute approximate surface area is 242 Å². The number of para-hydroxylation sites is 1. The van der Waals surface area contributed by atoms with Gasteiger partial charge in [0.05, 0.1) is 0 Å². The molecule has 6 aromatic carbocycles. The number of fused-ring (bicyclic) bond motifs is 8. The number of furan rings is 1. The Morgan fingerprint density at radius 2 is 1.17 bits per heavy atom. The minimum atomic E-state index is 0.626. The molecule has 0 bridgehead atoms. The maximum atomic E-state index is 6.49. The molecule has 0 amide bonds. The summed E-state index contributed by atoms with van der Waals surface area (Å²) >= 11 is 0. The molecule has 0 radical (unpaired) electrons. The number of rotatable bonds is 3. The van der Waals surface area contributed by atoms with E-state index < -0.39 is 0 Å². The molecule has 8 aromatic rings. The van der Waals surface area contributed by atoms with Gasteiger partial charge in [0.1, 0.15) is 11.2 Å². The minimum absolute atomic E-state index is 0.626. The molecule has 196 valence electrons. The zero-order valence-electron chi connectivity index (χ0n) is 22.6. The highest BCUT2D eigenvalue weighted by atomic mass is 16.3. The van der Waals surface area contributed by atoms with Crippen LogP contribution in [0.15, 0.2) is 132 Å². The summed E-state index contributed by atoms with van der Waals surface area (Å²) in [6.07, 6.45) is 0.913. The predicted molar refractivity (Wildman–Crippen MR) is 169 cm³/mol. The molecule has 4 nitrogen and oxygen atoms in total. The number of benzene rings is 6. The molecule has 0 spiro atoms. The van der Waals surface area contributed by atoms with E-state index in [-0.39, 0.29) is 0 Å². The molecular formula is C38H23N3O. The van der Waals surface area contributed by atoms with Crippen LogP contribution in [0, 0.1) is 0 Å². The fourth-order valence-electron chi connectivity index (χ4n) is 6.45. The van der Waals surface area contributed by atoms with Crippen LogP contribution in [0.2, 0.25) is 0 Å². The Balaban J connectivity index is 1.35. The molecule has 0 atom stereocenters. The first-order chi connectivity index (χ1) is 20.8. The van der Waals surface area contributed by atoms with Crippen molar-refractivity contribution in [1.82, 2.24) is 15.0 Å². The van der Waals surface area contributed by atoms with Gasteiger partial charge in [0.15, 0.2) is 17.5 Å². The second-order valence-electron chi connectivity index (χ2n) is 10.8. The van der Waals surface area contributed by atoms with Gasteiger partial charge in [-0.2, -0.15) is 0 Å². The molecule has 4 heteroatoms. The van der Waals surface area contributed by atoms with Crippen LogP contribution in [-0.4, -0.2) is 15.0 Å². The lowest BCUT2D eigenvalue weighted by Crippen LogP contribution is -2.01. The molecule has 0 aliphatic heterocycles. The smallest absolute Gasteiger partial charge is 0.164 e. The van der Waals surface area contributed by atoms with E-state index in [0.29, 0.717) is 17.5 Å². The normalized spacial score (nSPS) is 12.2. The molecule has 1 aliphatic rings. The third-order valence-electron chi connectivity index (χ3n) is 8.35. The second-order valence-corrected chi connectivity index (χ2v) is 10.8. The van der Waals surface area contributed by atoms with Crippen molar-refractivity contribution in [2.24, 2.45) is 0 Å². The van der Waals surface area contributed by atoms with Crippen LogP contribution < -0.4 is 0 Å². The van der Waals surface area contributed by atoms with Gasteiger partial charge in [-0.3, -0.25) is 0 Å². The van der Waals surface area contributed by atoms with E-state index >= 15 is 0 Å². The summed E-state index contributed by atoms with van der Waals surface area (Å²) in [6.45, 7) is 0. The number of nitrogens with zero attached hydrogens (tertiary/aromatic N) is 3. The van der Waals surface area contributed by atoms with Crippen molar-refractivity contribution in [3.8, 4) is 45.3 Å². The lowest BCUT2D eigenvalue weighted by atomic mass is 9.98. The van der Waals surface area contributed by atoms with Gasteiger partial charge < -0.3 is 4.42 Å². The number of aromatic nitrogens is 3. The summed E-state index contributed by atoms with van der Waals surface area (Å²) in [5, 5.41) is 4.27. The van der Waals surface area contributed by atoms with Crippen LogP contribution in [0.1, 0.15) is 11.1 Å². The summed E-state index contributed by atoms with van der Waals surface area (Å²) in [7, 11) is 0. The SMILES string of the molecule is c1ccc(-c2nc(-c3cccc4c3-c3ccccc3C4)nc(-c3cccc4ccc5c6ccccc6oc5c34)n2)cc1. The lowest BCUT2D eigenvalue weighted by Gasteiger charge is -2.13. The third-order valence-corrected chi connectivity index (χ3v) is 8.35. The summed E-state index contributed by atoms with van der Waals surface area (Å²) in [5.41, 5.74) is 9.70. The van der Waals surface area contributed by atoms with Gasteiger partial charge in [-0.15, -0.1) is 0 Å². The highest BCUT2D eigenvalue weighted by Crippen LogP contribution is 2.43. The largest absolute Gasteiger partial charge is 0.455 e. The van der Waals surface area contributed by atoms with Crippen molar-refractivity contribution < 1.29 is 4.42 Å². The Morgan fingerprint density at radius 1 is 0.476 bits per heavy atom. The maximum absolute atomic E-state index is 6.49. The molecule has 0 saturated heterocycles. The molecule has 0 N–H and O–H groups in total. The van der Waals surface area contributed by atoms with Gasteiger partial charge >= 0.3 is 0 Å². The van der Waals surface area contributed by atoms with E-state index in [1.165, 1.54) is 22.3 Å². The summed E-state index contributed by atoms with van der Waals surface area (Å²) < 4.78 is 6.49. The molecule has 1 aliphatic carbocycles. The molecule has 0 unspecified atom stereocenters. The standard InChI is InChI=1S/C38H23N3O/c1-2-10-24(11-3-1)36-39-37(30-17-9-14-26-22-25-12-4-5-15-27(25)33(26)30)41-38(40-36)31-18-8-13-23-20-21-29-28-16-6-7-19-32(28)42-35(29)34(23)31/h1-21H,22H2. The first-order valence-corrected chi connectivity index (χ1v) is 14.2. The predicted octanol–water partition coefficient (Wildman–Crippen LogP) is 9.50. The van der Waals surface area contributed by atoms with Crippen molar-refractivity contribution in [2.45, 2.75) is 6.42 Å². The average molecular weight is 538 g/mol. The van der Waals surface area contributed by atoms with Gasteiger partial charge in [-0.25, -0.2) is 15.0 Å². The Hall–Kier alpha value is -5.61. The van der Waals surface area contributed by atoms with Gasteiger partial charge in [0.2, 0.25) is 0 Å². The topological polar surface area (TPSA) is 51.8 Å². The Kier molecular flexibility index (Phi) is 4.93. The van der Waals surface area contributed by atoms with Crippen LogP contribution in [0.4, 0.5) is 0 Å². The molecule has 42 heavy (non-hydrogen) atoms. The van der Waals surface area contributed by atoms with Crippen LogP contribution in [0.3, 0.4) is 0 Å². The van der Waals surface area contributed by atoms with Crippen LogP contribution >= 0.6 is 0 Å². The van der Waals surface area contributed by atoms with Crippen LogP contribution in [0.25, 0.3) is 78.0 Å². The van der Waals surface area contributed by atoms with Gasteiger partial charge in [-0.05, 0) is 46.2 Å². The zero-order valence-corrected chi connectivity index (χ0v) is 22.6. The van der Waals surface area contributed by atoms with E-state index in [9.17, 15) is 0 Å². The van der Waals surface area contributed by atoms with Crippen molar-refractivity contribution in [3.63, 3.8) is 0 Å². The monoisotopic (exact) mass is 537 g/mol. The fraction of sp³-hybridized carbons (Fsp3) is 0.0263. The highest BCUT2D eigenvalue weighted by Gasteiger charge is 2.24. The fourth-order valence-corrected chi connectivity index (χ4v) is 6.45. The van der Waals surface area contributed by atoms with Crippen LogP contribution in [0.5, 0.6) is 0 Å². The van der Waals surface area contributed by atoms with Gasteiger partial charge in [0, 0.05) is 32.8 Å². The van der Waals surface area contributed by atoms with E-state index in [1.54, 1.807) is 0 Å². The second kappa shape index (κ2) is 8.95. The average Bonchev–Trinajstić information content (AvgIpc) is 3.63. The van der Waals surface area contributed by atoms with Crippen molar-refractivity contribution >= 4 is 32.7 Å². The lowest BCUT2D eigenvalue weighted by molar-refractivity contribution is 0.672. The first-order valence-electron chi connectivity index (χ1n) is 14.2. The van der Waals surface area contributed by atoms with Gasteiger partial charge in [-0.1, -0.05) is 115 Å². The van der Waals surface area contributed by atoms with Crippen LogP contribution in [-0.2, 0) is 6.42 Å². The zero-order chi connectivity index (χ0) is 27.6. The van der Waals surface area contributed by atoms with Crippen molar-refractivity contribution in [3.05, 3.63) is 139 Å². The molecule has 9 rings (SSSR count). The van der Waals surface area contributed by atoms with E-state index in [0.717, 1.165) is 55.8 Å². The molecule has 2 aromatic heterocycles. The minimum Gasteiger partial charge on any atom is -0.455 e. The molecular weight excluding hydrogens is 514 g/mol.